The first-order valence-corrected chi connectivity index (χ1v) is 7.29. The van der Waals surface area contributed by atoms with Gasteiger partial charge in [-0.15, -0.1) is 0 Å². The molecule has 2 aromatic rings. The molecular weight excluding hydrogens is 238 g/mol. The maximum absolute atomic E-state index is 6.12. The van der Waals surface area contributed by atoms with E-state index in [9.17, 15) is 0 Å². The average Bonchev–Trinajstić information content (AvgIpc) is 3.00. The largest absolute Gasteiger partial charge is 0.369 e. The van der Waals surface area contributed by atoms with Crippen molar-refractivity contribution < 1.29 is 0 Å². The van der Waals surface area contributed by atoms with E-state index in [4.69, 9.17) is 5.73 Å². The summed E-state index contributed by atoms with van der Waals surface area (Å²) in [5.41, 5.74) is 9.23. The highest BCUT2D eigenvalue weighted by atomic mass is 15.3. The Kier molecular flexibility index (Phi) is 2.99. The van der Waals surface area contributed by atoms with E-state index in [1.807, 2.05) is 11.7 Å². The number of hydrogen-bond acceptors (Lipinski definition) is 3. The second-order valence-corrected chi connectivity index (χ2v) is 5.84. The number of anilines is 1. The molecule has 1 aliphatic carbocycles. The Labute approximate surface area is 113 Å². The predicted molar refractivity (Wildman–Crippen MR) is 76.8 cm³/mol. The van der Waals surface area contributed by atoms with Crippen LogP contribution in [0.3, 0.4) is 0 Å². The first-order chi connectivity index (χ1) is 9.11. The van der Waals surface area contributed by atoms with Crippen LogP contribution in [-0.2, 0) is 20.0 Å². The second kappa shape index (κ2) is 4.54. The highest BCUT2D eigenvalue weighted by molar-refractivity contribution is 5.77. The summed E-state index contributed by atoms with van der Waals surface area (Å²) in [4.78, 5) is 4.53. The van der Waals surface area contributed by atoms with Crippen LogP contribution in [-0.4, -0.2) is 19.3 Å². The molecule has 2 N–H and O–H groups in total. The lowest BCUT2D eigenvalue weighted by molar-refractivity contribution is 0.368. The Balaban J connectivity index is 2.02. The molecule has 19 heavy (non-hydrogen) atoms. The SMILES string of the molecule is CCc1nn(C)c2c1nc(N)n2CC1CCCC1C. The van der Waals surface area contributed by atoms with Gasteiger partial charge in [0.25, 0.3) is 0 Å². The Morgan fingerprint density at radius 2 is 2.16 bits per heavy atom. The minimum Gasteiger partial charge on any atom is -0.369 e. The summed E-state index contributed by atoms with van der Waals surface area (Å²) < 4.78 is 4.09. The van der Waals surface area contributed by atoms with Gasteiger partial charge in [-0.1, -0.05) is 26.7 Å². The molecular formula is C14H23N5. The van der Waals surface area contributed by atoms with Gasteiger partial charge in [-0.05, 0) is 24.7 Å². The maximum atomic E-state index is 6.12. The summed E-state index contributed by atoms with van der Waals surface area (Å²) in [6.45, 7) is 5.44. The Bertz CT molecular complexity index is 595. The van der Waals surface area contributed by atoms with Crippen LogP contribution in [0.1, 0.15) is 38.8 Å². The van der Waals surface area contributed by atoms with Gasteiger partial charge in [-0.2, -0.15) is 5.10 Å². The number of imidazole rings is 1. The molecule has 5 heteroatoms. The van der Waals surface area contributed by atoms with E-state index in [1.165, 1.54) is 19.3 Å². The van der Waals surface area contributed by atoms with Crippen LogP contribution < -0.4 is 5.73 Å². The van der Waals surface area contributed by atoms with Gasteiger partial charge in [0.15, 0.2) is 5.65 Å². The number of aryl methyl sites for hydroxylation is 2. The van der Waals surface area contributed by atoms with Gasteiger partial charge in [0, 0.05) is 13.6 Å². The van der Waals surface area contributed by atoms with Crippen molar-refractivity contribution in [1.82, 2.24) is 19.3 Å². The molecule has 2 heterocycles. The minimum absolute atomic E-state index is 0.636. The Morgan fingerprint density at radius 3 is 2.79 bits per heavy atom. The van der Waals surface area contributed by atoms with Crippen LogP contribution in [0.5, 0.6) is 0 Å². The molecule has 2 unspecified atom stereocenters. The summed E-state index contributed by atoms with van der Waals surface area (Å²) in [6, 6.07) is 0. The highest BCUT2D eigenvalue weighted by Crippen LogP contribution is 2.34. The standard InChI is InChI=1S/C14H23N5/c1-4-11-12-13(18(3)17-11)19(14(15)16-12)8-10-7-5-6-9(10)2/h9-10H,4-8H2,1-3H3,(H2,15,16). The minimum atomic E-state index is 0.636. The molecule has 3 rings (SSSR count). The van der Waals surface area contributed by atoms with Crippen LogP contribution in [0.25, 0.3) is 11.2 Å². The summed E-state index contributed by atoms with van der Waals surface area (Å²) in [7, 11) is 1.98. The van der Waals surface area contributed by atoms with E-state index in [0.717, 1.165) is 41.7 Å². The van der Waals surface area contributed by atoms with Gasteiger partial charge < -0.3 is 5.73 Å². The molecule has 2 aromatic heterocycles. The van der Waals surface area contributed by atoms with Gasteiger partial charge in [-0.3, -0.25) is 9.25 Å². The highest BCUT2D eigenvalue weighted by Gasteiger charge is 2.26. The third-order valence-electron chi connectivity index (χ3n) is 4.61. The van der Waals surface area contributed by atoms with Crippen molar-refractivity contribution in [2.24, 2.45) is 18.9 Å². The van der Waals surface area contributed by atoms with Crippen molar-refractivity contribution in [3.63, 3.8) is 0 Å². The summed E-state index contributed by atoms with van der Waals surface area (Å²) in [5, 5.41) is 4.54. The zero-order valence-electron chi connectivity index (χ0n) is 12.1. The molecule has 0 radical (unpaired) electrons. The van der Waals surface area contributed by atoms with Crippen molar-refractivity contribution in [2.75, 3.05) is 5.73 Å². The van der Waals surface area contributed by atoms with Crippen LogP contribution in [0.15, 0.2) is 0 Å². The number of rotatable bonds is 3. The second-order valence-electron chi connectivity index (χ2n) is 5.84. The smallest absolute Gasteiger partial charge is 0.202 e. The summed E-state index contributed by atoms with van der Waals surface area (Å²) >= 11 is 0. The maximum Gasteiger partial charge on any atom is 0.202 e. The van der Waals surface area contributed by atoms with Gasteiger partial charge in [0.05, 0.1) is 5.69 Å². The topological polar surface area (TPSA) is 61.7 Å². The molecule has 0 bridgehead atoms. The number of fused-ring (bicyclic) bond motifs is 1. The van der Waals surface area contributed by atoms with Crippen LogP contribution >= 0.6 is 0 Å². The Hall–Kier alpha value is -1.52. The van der Waals surface area contributed by atoms with Crippen LogP contribution in [0, 0.1) is 11.8 Å². The van der Waals surface area contributed by atoms with Crippen molar-refractivity contribution in [2.45, 2.75) is 46.1 Å². The molecule has 0 aromatic carbocycles. The lowest BCUT2D eigenvalue weighted by Gasteiger charge is -2.17. The summed E-state index contributed by atoms with van der Waals surface area (Å²) in [5.74, 6) is 2.15. The van der Waals surface area contributed by atoms with Gasteiger partial charge >= 0.3 is 0 Å². The monoisotopic (exact) mass is 261 g/mol. The van der Waals surface area contributed by atoms with E-state index in [-0.39, 0.29) is 0 Å². The molecule has 5 nitrogen and oxygen atoms in total. The number of nitrogen functional groups attached to an aromatic ring is 1. The summed E-state index contributed by atoms with van der Waals surface area (Å²) in [6.07, 6.45) is 4.88. The number of hydrogen-bond donors (Lipinski definition) is 1. The molecule has 2 atom stereocenters. The zero-order chi connectivity index (χ0) is 13.6. The quantitative estimate of drug-likeness (QED) is 0.922. The molecule has 0 spiro atoms. The van der Waals surface area contributed by atoms with Crippen LogP contribution in [0.2, 0.25) is 0 Å². The van der Waals surface area contributed by atoms with Crippen LogP contribution in [0.4, 0.5) is 5.95 Å². The van der Waals surface area contributed by atoms with E-state index in [0.29, 0.717) is 5.95 Å². The molecule has 1 saturated carbocycles. The average molecular weight is 261 g/mol. The number of nitrogens with two attached hydrogens (primary N) is 1. The first-order valence-electron chi connectivity index (χ1n) is 7.29. The lowest BCUT2D eigenvalue weighted by Crippen LogP contribution is -2.16. The third kappa shape index (κ3) is 1.91. The fraction of sp³-hybridized carbons (Fsp3) is 0.714. The first kappa shape index (κ1) is 12.5. The fourth-order valence-electron chi connectivity index (χ4n) is 3.40. The van der Waals surface area contributed by atoms with Crippen molar-refractivity contribution in [3.05, 3.63) is 5.69 Å². The van der Waals surface area contributed by atoms with Gasteiger partial charge in [-0.25, -0.2) is 4.98 Å². The molecule has 0 aliphatic heterocycles. The van der Waals surface area contributed by atoms with Crippen molar-refractivity contribution >= 4 is 17.1 Å². The van der Waals surface area contributed by atoms with Crippen molar-refractivity contribution in [1.29, 1.82) is 0 Å². The molecule has 1 aliphatic rings. The Morgan fingerprint density at radius 1 is 1.37 bits per heavy atom. The van der Waals surface area contributed by atoms with E-state index < -0.39 is 0 Å². The third-order valence-corrected chi connectivity index (χ3v) is 4.61. The lowest BCUT2D eigenvalue weighted by atomic mass is 9.98. The molecule has 0 amide bonds. The molecule has 104 valence electrons. The van der Waals surface area contributed by atoms with E-state index in [2.05, 4.69) is 28.5 Å². The number of nitrogens with zero attached hydrogens (tertiary/aromatic N) is 4. The zero-order valence-corrected chi connectivity index (χ0v) is 12.1. The van der Waals surface area contributed by atoms with E-state index in [1.54, 1.807) is 0 Å². The van der Waals surface area contributed by atoms with Gasteiger partial charge in [0.1, 0.15) is 5.52 Å². The van der Waals surface area contributed by atoms with E-state index >= 15 is 0 Å². The molecule has 1 fully saturated rings. The fourth-order valence-corrected chi connectivity index (χ4v) is 3.40. The normalized spacial score (nSPS) is 23.5. The van der Waals surface area contributed by atoms with Gasteiger partial charge in [0.2, 0.25) is 5.95 Å². The van der Waals surface area contributed by atoms with Crippen molar-refractivity contribution in [3.8, 4) is 0 Å². The molecule has 0 saturated heterocycles. The number of aromatic nitrogens is 4. The predicted octanol–water partition coefficient (Wildman–Crippen LogP) is 2.35.